The predicted molar refractivity (Wildman–Crippen MR) is 78.8 cm³/mol. The maximum absolute atomic E-state index is 11.1. The van der Waals surface area contributed by atoms with E-state index < -0.39 is 12.2 Å². The molecule has 0 bridgehead atoms. The quantitative estimate of drug-likeness (QED) is 0.255. The van der Waals surface area contributed by atoms with Gasteiger partial charge in [-0.1, -0.05) is 36.4 Å². The summed E-state index contributed by atoms with van der Waals surface area (Å²) in [6.45, 7) is 4.95. The van der Waals surface area contributed by atoms with E-state index in [4.69, 9.17) is 18.9 Å². The van der Waals surface area contributed by atoms with E-state index in [1.54, 1.807) is 13.2 Å². The van der Waals surface area contributed by atoms with Gasteiger partial charge >= 0.3 is 0 Å². The van der Waals surface area contributed by atoms with Gasteiger partial charge in [0.1, 0.15) is 19.0 Å². The van der Waals surface area contributed by atoms with Gasteiger partial charge in [0.2, 0.25) is 0 Å². The number of benzene rings is 1. The summed E-state index contributed by atoms with van der Waals surface area (Å²) < 4.78 is 21.0. The maximum Gasteiger partial charge on any atom is 0.151 e. The minimum Gasteiger partial charge on any atom is -0.382 e. The van der Waals surface area contributed by atoms with Crippen molar-refractivity contribution in [2.45, 2.75) is 18.8 Å². The highest BCUT2D eigenvalue weighted by Gasteiger charge is 2.19. The highest BCUT2D eigenvalue weighted by molar-refractivity contribution is 5.57. The van der Waals surface area contributed by atoms with E-state index in [1.165, 1.54) is 0 Å². The number of ether oxygens (including phenoxy) is 4. The van der Waals surface area contributed by atoms with Crippen molar-refractivity contribution in [3.8, 4) is 0 Å². The Morgan fingerprint density at radius 3 is 2.52 bits per heavy atom. The van der Waals surface area contributed by atoms with Gasteiger partial charge in [-0.3, -0.25) is 0 Å². The molecule has 0 radical (unpaired) electrons. The van der Waals surface area contributed by atoms with E-state index in [2.05, 4.69) is 6.58 Å². The molecule has 116 valence electrons. The number of carbonyl (C=O) groups is 1. The number of hydrogen-bond donors (Lipinski definition) is 0. The Bertz CT molecular complexity index is 393. The third-order valence-electron chi connectivity index (χ3n) is 2.75. The van der Waals surface area contributed by atoms with Gasteiger partial charge in [-0.15, -0.1) is 6.58 Å². The Morgan fingerprint density at radius 2 is 1.90 bits per heavy atom. The van der Waals surface area contributed by atoms with Crippen LogP contribution >= 0.6 is 0 Å². The molecular formula is C16H22O5. The minimum absolute atomic E-state index is 0.00576. The molecule has 1 rings (SSSR count). The summed E-state index contributed by atoms with van der Waals surface area (Å²) in [6.07, 6.45) is 0.983. The Morgan fingerprint density at radius 1 is 1.14 bits per heavy atom. The number of rotatable bonds is 12. The van der Waals surface area contributed by atoms with Gasteiger partial charge in [-0.25, -0.2) is 0 Å². The van der Waals surface area contributed by atoms with Crippen molar-refractivity contribution >= 4 is 6.29 Å². The second-order valence-corrected chi connectivity index (χ2v) is 4.28. The van der Waals surface area contributed by atoms with E-state index >= 15 is 0 Å². The van der Waals surface area contributed by atoms with E-state index in [-0.39, 0.29) is 6.79 Å². The molecule has 2 atom stereocenters. The van der Waals surface area contributed by atoms with Gasteiger partial charge in [0.25, 0.3) is 0 Å². The summed E-state index contributed by atoms with van der Waals surface area (Å²) in [5.74, 6) is 0. The van der Waals surface area contributed by atoms with Crippen molar-refractivity contribution < 1.29 is 23.7 Å². The summed E-state index contributed by atoms with van der Waals surface area (Å²) in [5, 5.41) is 0. The van der Waals surface area contributed by atoms with Crippen LogP contribution in [0.25, 0.3) is 0 Å². The zero-order chi connectivity index (χ0) is 15.3. The molecule has 0 aliphatic carbocycles. The zero-order valence-electron chi connectivity index (χ0n) is 12.3. The number of hydrogen-bond acceptors (Lipinski definition) is 5. The van der Waals surface area contributed by atoms with Crippen LogP contribution in [0.15, 0.2) is 43.0 Å². The highest BCUT2D eigenvalue weighted by atomic mass is 16.7. The second kappa shape index (κ2) is 11.2. The molecule has 0 fully saturated rings. The van der Waals surface area contributed by atoms with E-state index in [0.29, 0.717) is 26.1 Å². The topological polar surface area (TPSA) is 54.0 Å². The van der Waals surface area contributed by atoms with Crippen LogP contribution in [0, 0.1) is 0 Å². The molecule has 0 N–H and O–H groups in total. The molecule has 0 saturated carbocycles. The van der Waals surface area contributed by atoms with Gasteiger partial charge in [0.15, 0.2) is 6.29 Å². The van der Waals surface area contributed by atoms with Gasteiger partial charge in [-0.2, -0.15) is 0 Å². The van der Waals surface area contributed by atoms with Crippen LogP contribution in [0.2, 0.25) is 0 Å². The lowest BCUT2D eigenvalue weighted by atomic mass is 10.2. The monoisotopic (exact) mass is 294 g/mol. The molecule has 0 aromatic heterocycles. The first kappa shape index (κ1) is 17.5. The molecule has 0 aliphatic heterocycles. The standard InChI is InChI=1S/C16H22O5/c1-3-15(20-12-14-7-5-4-6-8-14)16(11-17)21-13-19-10-9-18-2/h3-8,11,15-16H,1,9-10,12-13H2,2H3/t15-,16-/m0/s1. The molecule has 0 saturated heterocycles. The van der Waals surface area contributed by atoms with Crippen molar-refractivity contribution in [3.63, 3.8) is 0 Å². The van der Waals surface area contributed by atoms with Gasteiger partial charge in [0, 0.05) is 7.11 Å². The number of aldehydes is 1. The second-order valence-electron chi connectivity index (χ2n) is 4.28. The normalized spacial score (nSPS) is 13.6. The minimum atomic E-state index is -0.742. The van der Waals surface area contributed by atoms with Crippen LogP contribution in [0.5, 0.6) is 0 Å². The molecule has 0 aliphatic rings. The molecule has 0 unspecified atom stereocenters. The molecule has 1 aromatic rings. The van der Waals surface area contributed by atoms with Crippen molar-refractivity contribution in [2.24, 2.45) is 0 Å². The van der Waals surface area contributed by atoms with Gasteiger partial charge in [-0.05, 0) is 5.56 Å². The van der Waals surface area contributed by atoms with Crippen molar-refractivity contribution in [2.75, 3.05) is 27.1 Å². The number of methoxy groups -OCH3 is 1. The third kappa shape index (κ3) is 7.15. The van der Waals surface area contributed by atoms with E-state index in [9.17, 15) is 4.79 Å². The van der Waals surface area contributed by atoms with Crippen LogP contribution in [0.1, 0.15) is 5.56 Å². The molecule has 0 spiro atoms. The van der Waals surface area contributed by atoms with Gasteiger partial charge < -0.3 is 23.7 Å². The van der Waals surface area contributed by atoms with Crippen molar-refractivity contribution in [3.05, 3.63) is 48.6 Å². The van der Waals surface area contributed by atoms with Crippen LogP contribution in [0.3, 0.4) is 0 Å². The van der Waals surface area contributed by atoms with Crippen LogP contribution in [0.4, 0.5) is 0 Å². The largest absolute Gasteiger partial charge is 0.382 e. The lowest BCUT2D eigenvalue weighted by molar-refractivity contribution is -0.148. The molecule has 0 heterocycles. The summed E-state index contributed by atoms with van der Waals surface area (Å²) >= 11 is 0. The first-order valence-electron chi connectivity index (χ1n) is 6.73. The SMILES string of the molecule is C=C[C@H](OCc1ccccc1)[C@H](C=O)OCOCCOC. The lowest BCUT2D eigenvalue weighted by Crippen LogP contribution is -2.32. The molecule has 1 aromatic carbocycles. The Balaban J connectivity index is 2.36. The van der Waals surface area contributed by atoms with Crippen molar-refractivity contribution in [1.82, 2.24) is 0 Å². The zero-order valence-corrected chi connectivity index (χ0v) is 12.3. The van der Waals surface area contributed by atoms with Crippen molar-refractivity contribution in [1.29, 1.82) is 0 Å². The summed E-state index contributed by atoms with van der Waals surface area (Å²) in [5.41, 5.74) is 1.02. The predicted octanol–water partition coefficient (Wildman–Crippen LogP) is 1.96. The van der Waals surface area contributed by atoms with Crippen LogP contribution in [-0.2, 0) is 30.3 Å². The third-order valence-corrected chi connectivity index (χ3v) is 2.75. The maximum atomic E-state index is 11.1. The van der Waals surface area contributed by atoms with E-state index in [1.807, 2.05) is 30.3 Å². The average Bonchev–Trinajstić information content (AvgIpc) is 2.54. The molecular weight excluding hydrogens is 272 g/mol. The van der Waals surface area contributed by atoms with Gasteiger partial charge in [0.05, 0.1) is 19.8 Å². The first-order chi connectivity index (χ1) is 10.3. The fourth-order valence-corrected chi connectivity index (χ4v) is 1.60. The molecule has 5 heteroatoms. The average molecular weight is 294 g/mol. The molecule has 21 heavy (non-hydrogen) atoms. The fraction of sp³-hybridized carbons (Fsp3) is 0.438. The summed E-state index contributed by atoms with van der Waals surface area (Å²) in [7, 11) is 1.59. The Labute approximate surface area is 125 Å². The smallest absolute Gasteiger partial charge is 0.151 e. The molecule has 0 amide bonds. The Hall–Kier alpha value is -1.53. The fourth-order valence-electron chi connectivity index (χ4n) is 1.60. The summed E-state index contributed by atoms with van der Waals surface area (Å²) in [6, 6.07) is 9.69. The Kier molecular flexibility index (Phi) is 9.32. The number of carbonyl (C=O) groups excluding carboxylic acids is 1. The van der Waals surface area contributed by atoms with E-state index in [0.717, 1.165) is 5.56 Å². The lowest BCUT2D eigenvalue weighted by Gasteiger charge is -2.20. The highest BCUT2D eigenvalue weighted by Crippen LogP contribution is 2.09. The summed E-state index contributed by atoms with van der Waals surface area (Å²) in [4.78, 5) is 11.1. The van der Waals surface area contributed by atoms with Crippen LogP contribution < -0.4 is 0 Å². The van der Waals surface area contributed by atoms with Crippen LogP contribution in [-0.4, -0.2) is 45.6 Å². The molecule has 5 nitrogen and oxygen atoms in total. The first-order valence-corrected chi connectivity index (χ1v) is 6.73.